The molecular formula is C15H24ClN3O. The van der Waals surface area contributed by atoms with E-state index in [0.717, 1.165) is 32.2 Å². The van der Waals surface area contributed by atoms with Gasteiger partial charge in [0.1, 0.15) is 5.69 Å². The van der Waals surface area contributed by atoms with Crippen molar-refractivity contribution >= 4 is 17.4 Å². The van der Waals surface area contributed by atoms with Gasteiger partial charge in [0.25, 0.3) is 0 Å². The number of nitrogens with zero attached hydrogens (tertiary/aromatic N) is 3. The van der Waals surface area contributed by atoms with Crippen LogP contribution >= 0.6 is 11.6 Å². The second-order valence-corrected chi connectivity index (χ2v) is 6.33. The van der Waals surface area contributed by atoms with Crippen molar-refractivity contribution in [3.8, 4) is 0 Å². The molecular weight excluding hydrogens is 274 g/mol. The Bertz CT molecular complexity index is 448. The van der Waals surface area contributed by atoms with Crippen molar-refractivity contribution in [2.24, 2.45) is 5.92 Å². The molecule has 0 atom stereocenters. The highest BCUT2D eigenvalue weighted by Crippen LogP contribution is 2.28. The summed E-state index contributed by atoms with van der Waals surface area (Å²) in [6.45, 7) is 1.55. The molecule has 4 nitrogen and oxygen atoms in total. The zero-order valence-corrected chi connectivity index (χ0v) is 13.2. The van der Waals surface area contributed by atoms with Gasteiger partial charge >= 0.3 is 0 Å². The molecule has 20 heavy (non-hydrogen) atoms. The molecule has 1 aromatic heterocycles. The Hall–Kier alpha value is -0.870. The van der Waals surface area contributed by atoms with Crippen LogP contribution in [0.5, 0.6) is 0 Å². The molecule has 1 fully saturated rings. The van der Waals surface area contributed by atoms with E-state index in [9.17, 15) is 4.79 Å². The monoisotopic (exact) mass is 297 g/mol. The van der Waals surface area contributed by atoms with E-state index in [4.69, 9.17) is 11.6 Å². The topological polar surface area (TPSA) is 38.1 Å². The van der Waals surface area contributed by atoms with Crippen LogP contribution in [0.15, 0.2) is 6.20 Å². The number of carbonyl (C=O) groups excluding carboxylic acids is 1. The summed E-state index contributed by atoms with van der Waals surface area (Å²) in [7, 11) is 4.02. The molecule has 1 heterocycles. The van der Waals surface area contributed by atoms with E-state index in [1.807, 2.05) is 14.1 Å². The summed E-state index contributed by atoms with van der Waals surface area (Å²) in [4.78, 5) is 14.8. The summed E-state index contributed by atoms with van der Waals surface area (Å²) in [6, 6.07) is 0. The lowest BCUT2D eigenvalue weighted by Gasteiger charge is -2.16. The number of carbonyl (C=O) groups is 1. The average molecular weight is 298 g/mol. The Morgan fingerprint density at radius 3 is 2.60 bits per heavy atom. The molecule has 0 amide bonds. The summed E-state index contributed by atoms with van der Waals surface area (Å²) in [5.41, 5.74) is 0.611. The van der Waals surface area contributed by atoms with Crippen LogP contribution in [0.2, 0.25) is 5.02 Å². The minimum atomic E-state index is 0.129. The molecule has 1 aliphatic rings. The summed E-state index contributed by atoms with van der Waals surface area (Å²) in [5.74, 6) is 0.318. The van der Waals surface area contributed by atoms with Gasteiger partial charge in [0.05, 0.1) is 17.8 Å². The van der Waals surface area contributed by atoms with Crippen LogP contribution in [0.1, 0.15) is 49.0 Å². The molecule has 0 bridgehead atoms. The lowest BCUT2D eigenvalue weighted by atomic mass is 9.93. The minimum absolute atomic E-state index is 0.129. The Labute approximate surface area is 126 Å². The lowest BCUT2D eigenvalue weighted by Crippen LogP contribution is -2.24. The molecule has 0 N–H and O–H groups in total. The highest BCUT2D eigenvalue weighted by Gasteiger charge is 2.26. The van der Waals surface area contributed by atoms with Gasteiger partial charge < -0.3 is 4.90 Å². The van der Waals surface area contributed by atoms with Gasteiger partial charge in [0, 0.05) is 12.5 Å². The highest BCUT2D eigenvalue weighted by molar-refractivity contribution is 6.33. The summed E-state index contributed by atoms with van der Waals surface area (Å²) in [5, 5.41) is 4.76. The van der Waals surface area contributed by atoms with Crippen molar-refractivity contribution in [2.75, 3.05) is 20.6 Å². The number of rotatable bonds is 5. The molecule has 1 saturated carbocycles. The molecule has 0 unspecified atom stereocenters. The highest BCUT2D eigenvalue weighted by atomic mass is 35.5. The second-order valence-electron chi connectivity index (χ2n) is 5.92. The summed E-state index contributed by atoms with van der Waals surface area (Å²) in [6.07, 6.45) is 8.39. The maximum atomic E-state index is 12.7. The Kier molecular flexibility index (Phi) is 5.61. The molecule has 2 rings (SSSR count). The van der Waals surface area contributed by atoms with Gasteiger partial charge in [-0.25, -0.2) is 0 Å². The minimum Gasteiger partial charge on any atom is -0.308 e. The standard InChI is InChI=1S/C15H24ClN3O/c1-18(2)9-10-19-14(13(16)11-17-19)15(20)12-7-5-3-4-6-8-12/h11-12H,3-10H2,1-2H3. The summed E-state index contributed by atoms with van der Waals surface area (Å²) < 4.78 is 1.77. The molecule has 112 valence electrons. The van der Waals surface area contributed by atoms with Gasteiger partial charge in [-0.2, -0.15) is 5.10 Å². The number of halogens is 1. The first-order chi connectivity index (χ1) is 9.59. The van der Waals surface area contributed by atoms with Crippen molar-refractivity contribution in [2.45, 2.75) is 45.1 Å². The van der Waals surface area contributed by atoms with Crippen LogP contribution in [-0.2, 0) is 6.54 Å². The quantitative estimate of drug-likeness (QED) is 0.618. The maximum absolute atomic E-state index is 12.7. The Balaban J connectivity index is 2.13. The van der Waals surface area contributed by atoms with Crippen LogP contribution in [0.3, 0.4) is 0 Å². The first kappa shape index (κ1) is 15.5. The van der Waals surface area contributed by atoms with Gasteiger partial charge in [-0.15, -0.1) is 0 Å². The molecule has 1 aliphatic carbocycles. The largest absolute Gasteiger partial charge is 0.308 e. The molecule has 0 aromatic carbocycles. The number of hydrogen-bond donors (Lipinski definition) is 0. The molecule has 5 heteroatoms. The first-order valence-corrected chi connectivity index (χ1v) is 7.87. The van der Waals surface area contributed by atoms with Crippen LogP contribution in [-0.4, -0.2) is 41.1 Å². The normalized spacial score (nSPS) is 17.4. The predicted molar refractivity (Wildman–Crippen MR) is 81.3 cm³/mol. The van der Waals surface area contributed by atoms with Crippen molar-refractivity contribution in [1.29, 1.82) is 0 Å². The van der Waals surface area contributed by atoms with Crippen LogP contribution in [0.4, 0.5) is 0 Å². The lowest BCUT2D eigenvalue weighted by molar-refractivity contribution is 0.0896. The number of hydrogen-bond acceptors (Lipinski definition) is 3. The van der Waals surface area contributed by atoms with Gasteiger partial charge in [-0.1, -0.05) is 37.3 Å². The fourth-order valence-electron chi connectivity index (χ4n) is 2.81. The van der Waals surface area contributed by atoms with E-state index in [1.165, 1.54) is 12.8 Å². The molecule has 0 aliphatic heterocycles. The number of likely N-dealkylation sites (N-methyl/N-ethyl adjacent to an activating group) is 1. The van der Waals surface area contributed by atoms with E-state index in [-0.39, 0.29) is 11.7 Å². The van der Waals surface area contributed by atoms with Crippen LogP contribution < -0.4 is 0 Å². The Morgan fingerprint density at radius 2 is 2.00 bits per heavy atom. The third kappa shape index (κ3) is 3.83. The second kappa shape index (κ2) is 7.23. The number of Topliss-reactive ketones (excluding diaryl/α,β-unsaturated/α-hetero) is 1. The Morgan fingerprint density at radius 1 is 1.35 bits per heavy atom. The van der Waals surface area contributed by atoms with E-state index >= 15 is 0 Å². The van der Waals surface area contributed by atoms with E-state index < -0.39 is 0 Å². The van der Waals surface area contributed by atoms with Gasteiger partial charge in [-0.05, 0) is 26.9 Å². The number of ketones is 1. The summed E-state index contributed by atoms with van der Waals surface area (Å²) >= 11 is 6.20. The predicted octanol–water partition coefficient (Wildman–Crippen LogP) is 3.25. The fourth-order valence-corrected chi connectivity index (χ4v) is 3.04. The van der Waals surface area contributed by atoms with E-state index in [0.29, 0.717) is 17.3 Å². The van der Waals surface area contributed by atoms with E-state index in [2.05, 4.69) is 10.00 Å². The third-order valence-corrected chi connectivity index (χ3v) is 4.29. The van der Waals surface area contributed by atoms with Gasteiger partial charge in [-0.3, -0.25) is 9.48 Å². The average Bonchev–Trinajstić information content (AvgIpc) is 2.64. The molecule has 0 spiro atoms. The van der Waals surface area contributed by atoms with Crippen molar-refractivity contribution in [1.82, 2.24) is 14.7 Å². The van der Waals surface area contributed by atoms with Crippen LogP contribution in [0.25, 0.3) is 0 Å². The van der Waals surface area contributed by atoms with Crippen molar-refractivity contribution in [3.05, 3.63) is 16.9 Å². The maximum Gasteiger partial charge on any atom is 0.185 e. The van der Waals surface area contributed by atoms with Crippen molar-refractivity contribution in [3.63, 3.8) is 0 Å². The zero-order chi connectivity index (χ0) is 14.5. The fraction of sp³-hybridized carbons (Fsp3) is 0.733. The zero-order valence-electron chi connectivity index (χ0n) is 12.4. The van der Waals surface area contributed by atoms with Gasteiger partial charge in [0.2, 0.25) is 0 Å². The molecule has 1 aromatic rings. The van der Waals surface area contributed by atoms with Crippen LogP contribution in [0, 0.1) is 5.92 Å². The number of aromatic nitrogens is 2. The molecule has 0 radical (unpaired) electrons. The third-order valence-electron chi connectivity index (χ3n) is 4.01. The smallest absolute Gasteiger partial charge is 0.185 e. The SMILES string of the molecule is CN(C)CCn1ncc(Cl)c1C(=O)C1CCCCCC1. The van der Waals surface area contributed by atoms with Crippen molar-refractivity contribution < 1.29 is 4.79 Å². The van der Waals surface area contributed by atoms with Gasteiger partial charge in [0.15, 0.2) is 5.78 Å². The molecule has 0 saturated heterocycles. The van der Waals surface area contributed by atoms with E-state index in [1.54, 1.807) is 10.9 Å². The first-order valence-electron chi connectivity index (χ1n) is 7.50.